The minimum atomic E-state index is -0.138. The number of pyridine rings is 1. The van der Waals surface area contributed by atoms with Crippen molar-refractivity contribution in [2.45, 2.75) is 31.9 Å². The summed E-state index contributed by atoms with van der Waals surface area (Å²) in [6.07, 6.45) is 1.51. The van der Waals surface area contributed by atoms with E-state index in [0.717, 1.165) is 50.8 Å². The van der Waals surface area contributed by atoms with Crippen LogP contribution in [0.1, 0.15) is 18.4 Å². The predicted octanol–water partition coefficient (Wildman–Crippen LogP) is 1.16. The van der Waals surface area contributed by atoms with Crippen LogP contribution in [0.25, 0.3) is 0 Å². The van der Waals surface area contributed by atoms with E-state index in [9.17, 15) is 5.11 Å². The smallest absolute Gasteiger partial charge is 0.131 e. The number of hydrogen-bond acceptors (Lipinski definition) is 5. The first-order valence-corrected chi connectivity index (χ1v) is 6.97. The van der Waals surface area contributed by atoms with Gasteiger partial charge in [0.05, 0.1) is 19.3 Å². The van der Waals surface area contributed by atoms with Crippen LogP contribution in [-0.4, -0.2) is 48.5 Å². The van der Waals surface area contributed by atoms with Crippen molar-refractivity contribution < 1.29 is 9.84 Å². The molecular formula is C14H21N3O2. The Morgan fingerprint density at radius 3 is 2.74 bits per heavy atom. The Morgan fingerprint density at radius 2 is 2.05 bits per heavy atom. The van der Waals surface area contributed by atoms with Crippen LogP contribution in [-0.2, 0) is 4.74 Å². The molecule has 1 saturated carbocycles. The zero-order valence-electron chi connectivity index (χ0n) is 11.3. The van der Waals surface area contributed by atoms with Crippen molar-refractivity contribution in [2.24, 2.45) is 0 Å². The van der Waals surface area contributed by atoms with E-state index < -0.39 is 0 Å². The topological polar surface area (TPSA) is 57.6 Å². The third-order valence-corrected chi connectivity index (χ3v) is 3.76. The Bertz CT molecular complexity index is 440. The lowest BCUT2D eigenvalue weighted by Crippen LogP contribution is -2.39. The fraction of sp³-hybridized carbons (Fsp3) is 0.643. The maximum atomic E-state index is 9.33. The van der Waals surface area contributed by atoms with Gasteiger partial charge in [0.2, 0.25) is 0 Å². The van der Waals surface area contributed by atoms with Crippen LogP contribution < -0.4 is 10.2 Å². The number of aromatic nitrogens is 1. The van der Waals surface area contributed by atoms with Crippen LogP contribution in [0.4, 0.5) is 11.6 Å². The van der Waals surface area contributed by atoms with Crippen LogP contribution in [0.2, 0.25) is 0 Å². The standard InChI is InChI=1S/C14H21N3O2/c1-10-6-13(15-11-8-12(18)9-11)16-14(7-10)17-2-4-19-5-3-17/h6-7,11-12,18H,2-5,8-9H2,1H3,(H,15,16). The maximum absolute atomic E-state index is 9.33. The Morgan fingerprint density at radius 1 is 1.32 bits per heavy atom. The van der Waals surface area contributed by atoms with Gasteiger partial charge in [0.25, 0.3) is 0 Å². The molecule has 104 valence electrons. The molecule has 2 aliphatic rings. The Balaban J connectivity index is 1.71. The molecule has 1 aliphatic heterocycles. The lowest BCUT2D eigenvalue weighted by molar-refractivity contribution is 0.0835. The molecule has 2 fully saturated rings. The zero-order chi connectivity index (χ0) is 13.2. The van der Waals surface area contributed by atoms with Gasteiger partial charge in [0.1, 0.15) is 11.6 Å². The molecule has 1 saturated heterocycles. The summed E-state index contributed by atoms with van der Waals surface area (Å²) in [5, 5.41) is 12.7. The molecule has 0 amide bonds. The lowest BCUT2D eigenvalue weighted by atomic mass is 9.89. The number of rotatable bonds is 3. The number of hydrogen-bond donors (Lipinski definition) is 2. The van der Waals surface area contributed by atoms with E-state index in [-0.39, 0.29) is 6.10 Å². The number of morpholine rings is 1. The summed E-state index contributed by atoms with van der Waals surface area (Å²) in [5.74, 6) is 1.93. The van der Waals surface area contributed by atoms with Gasteiger partial charge in [-0.1, -0.05) is 0 Å². The Kier molecular flexibility index (Phi) is 3.57. The highest BCUT2D eigenvalue weighted by atomic mass is 16.5. The number of aliphatic hydroxyl groups is 1. The minimum absolute atomic E-state index is 0.138. The lowest BCUT2D eigenvalue weighted by Gasteiger charge is -2.33. The van der Waals surface area contributed by atoms with Gasteiger partial charge in [-0.25, -0.2) is 4.98 Å². The molecule has 0 spiro atoms. The molecule has 5 heteroatoms. The highest BCUT2D eigenvalue weighted by Gasteiger charge is 2.27. The van der Waals surface area contributed by atoms with Crippen LogP contribution in [0.3, 0.4) is 0 Å². The van der Waals surface area contributed by atoms with Crippen LogP contribution in [0, 0.1) is 6.92 Å². The average Bonchev–Trinajstić information content (AvgIpc) is 2.37. The summed E-state index contributed by atoms with van der Waals surface area (Å²) in [6.45, 7) is 5.43. The van der Waals surface area contributed by atoms with Gasteiger partial charge in [-0.3, -0.25) is 0 Å². The Labute approximate surface area is 113 Å². The van der Waals surface area contributed by atoms with E-state index in [1.54, 1.807) is 0 Å². The molecule has 2 N–H and O–H groups in total. The number of anilines is 2. The van der Waals surface area contributed by atoms with E-state index in [1.807, 2.05) is 0 Å². The quantitative estimate of drug-likeness (QED) is 0.857. The second-order valence-corrected chi connectivity index (χ2v) is 5.45. The summed E-state index contributed by atoms with van der Waals surface area (Å²) < 4.78 is 5.37. The zero-order valence-corrected chi connectivity index (χ0v) is 11.3. The highest BCUT2D eigenvalue weighted by molar-refractivity contribution is 5.51. The number of aryl methyl sites for hydroxylation is 1. The second kappa shape index (κ2) is 5.35. The van der Waals surface area contributed by atoms with Crippen LogP contribution in [0.5, 0.6) is 0 Å². The van der Waals surface area contributed by atoms with Crippen molar-refractivity contribution in [1.29, 1.82) is 0 Å². The van der Waals surface area contributed by atoms with Crippen molar-refractivity contribution in [2.75, 3.05) is 36.5 Å². The summed E-state index contributed by atoms with van der Waals surface area (Å²) in [5.41, 5.74) is 1.21. The van der Waals surface area contributed by atoms with Crippen molar-refractivity contribution in [3.63, 3.8) is 0 Å². The normalized spacial score (nSPS) is 26.9. The molecule has 1 aliphatic carbocycles. The van der Waals surface area contributed by atoms with E-state index in [4.69, 9.17) is 4.74 Å². The minimum Gasteiger partial charge on any atom is -0.393 e. The molecule has 1 aromatic heterocycles. The highest BCUT2D eigenvalue weighted by Crippen LogP contribution is 2.25. The second-order valence-electron chi connectivity index (χ2n) is 5.45. The van der Waals surface area contributed by atoms with Crippen molar-refractivity contribution in [3.05, 3.63) is 17.7 Å². The van der Waals surface area contributed by atoms with Gasteiger partial charge in [-0.2, -0.15) is 0 Å². The van der Waals surface area contributed by atoms with Crippen molar-refractivity contribution in [3.8, 4) is 0 Å². The molecule has 2 heterocycles. The number of aliphatic hydroxyl groups excluding tert-OH is 1. The number of nitrogens with zero attached hydrogens (tertiary/aromatic N) is 2. The molecule has 0 radical (unpaired) electrons. The monoisotopic (exact) mass is 263 g/mol. The summed E-state index contributed by atoms with van der Waals surface area (Å²) >= 11 is 0. The van der Waals surface area contributed by atoms with Gasteiger partial charge < -0.3 is 20.1 Å². The largest absolute Gasteiger partial charge is 0.393 e. The molecule has 0 aromatic carbocycles. The number of nitrogens with one attached hydrogen (secondary N) is 1. The third-order valence-electron chi connectivity index (χ3n) is 3.76. The molecule has 5 nitrogen and oxygen atoms in total. The predicted molar refractivity (Wildman–Crippen MR) is 74.7 cm³/mol. The molecule has 1 aromatic rings. The van der Waals surface area contributed by atoms with E-state index in [2.05, 4.69) is 34.3 Å². The fourth-order valence-corrected chi connectivity index (χ4v) is 2.59. The number of ether oxygens (including phenoxy) is 1. The molecule has 19 heavy (non-hydrogen) atoms. The fourth-order valence-electron chi connectivity index (χ4n) is 2.59. The SMILES string of the molecule is Cc1cc(NC2CC(O)C2)nc(N2CCOCC2)c1. The third kappa shape index (κ3) is 2.98. The molecule has 3 rings (SSSR count). The summed E-state index contributed by atoms with van der Waals surface area (Å²) in [7, 11) is 0. The molecule has 0 bridgehead atoms. The average molecular weight is 263 g/mol. The van der Waals surface area contributed by atoms with Crippen LogP contribution >= 0.6 is 0 Å². The molecule has 0 unspecified atom stereocenters. The van der Waals surface area contributed by atoms with Crippen molar-refractivity contribution >= 4 is 11.6 Å². The van der Waals surface area contributed by atoms with E-state index in [0.29, 0.717) is 6.04 Å². The maximum Gasteiger partial charge on any atom is 0.131 e. The van der Waals surface area contributed by atoms with Crippen LogP contribution in [0.15, 0.2) is 12.1 Å². The summed E-state index contributed by atoms with van der Waals surface area (Å²) in [6, 6.07) is 4.54. The van der Waals surface area contributed by atoms with E-state index >= 15 is 0 Å². The first kappa shape index (κ1) is 12.7. The van der Waals surface area contributed by atoms with Gasteiger partial charge >= 0.3 is 0 Å². The Hall–Kier alpha value is -1.33. The van der Waals surface area contributed by atoms with Gasteiger partial charge in [0.15, 0.2) is 0 Å². The van der Waals surface area contributed by atoms with Gasteiger partial charge in [0, 0.05) is 19.1 Å². The first-order chi connectivity index (χ1) is 9.20. The first-order valence-electron chi connectivity index (χ1n) is 6.97. The van der Waals surface area contributed by atoms with Gasteiger partial charge in [-0.05, 0) is 37.5 Å². The van der Waals surface area contributed by atoms with Gasteiger partial charge in [-0.15, -0.1) is 0 Å². The van der Waals surface area contributed by atoms with E-state index in [1.165, 1.54) is 5.56 Å². The summed E-state index contributed by atoms with van der Waals surface area (Å²) in [4.78, 5) is 6.94. The molecular weight excluding hydrogens is 242 g/mol. The molecule has 0 atom stereocenters. The van der Waals surface area contributed by atoms with Crippen molar-refractivity contribution in [1.82, 2.24) is 4.98 Å².